The van der Waals surface area contributed by atoms with E-state index in [2.05, 4.69) is 45.1 Å². The van der Waals surface area contributed by atoms with E-state index in [0.717, 1.165) is 38.0 Å². The second-order valence-corrected chi connectivity index (χ2v) is 6.33. The zero-order chi connectivity index (χ0) is 14.2. The molecule has 0 aliphatic rings. The summed E-state index contributed by atoms with van der Waals surface area (Å²) in [5.74, 6) is 0.521. The van der Waals surface area contributed by atoms with Crippen molar-refractivity contribution in [2.75, 3.05) is 13.1 Å². The molecular formula is C14H21IN4S2. The van der Waals surface area contributed by atoms with Gasteiger partial charge in [0.2, 0.25) is 0 Å². The van der Waals surface area contributed by atoms with Crippen LogP contribution in [0.1, 0.15) is 22.5 Å². The molecule has 0 fully saturated rings. The maximum Gasteiger partial charge on any atom is 0.188 e. The number of guanidine groups is 1. The van der Waals surface area contributed by atoms with Gasteiger partial charge in [0.15, 0.2) is 5.96 Å². The summed E-state index contributed by atoms with van der Waals surface area (Å²) in [6.45, 7) is 3.64. The van der Waals surface area contributed by atoms with Crippen molar-refractivity contribution in [2.45, 2.75) is 26.2 Å². The Kier molecular flexibility index (Phi) is 8.86. The van der Waals surface area contributed by atoms with Crippen LogP contribution in [0.15, 0.2) is 27.9 Å². The summed E-state index contributed by atoms with van der Waals surface area (Å²) in [5, 5.41) is 8.52. The Morgan fingerprint density at radius 1 is 1.38 bits per heavy atom. The summed E-state index contributed by atoms with van der Waals surface area (Å²) in [4.78, 5) is 10.2. The lowest BCUT2D eigenvalue weighted by molar-refractivity contribution is 0.826. The van der Waals surface area contributed by atoms with Crippen LogP contribution >= 0.6 is 46.7 Å². The van der Waals surface area contributed by atoms with Crippen LogP contribution in [0.25, 0.3) is 0 Å². The van der Waals surface area contributed by atoms with E-state index in [9.17, 15) is 0 Å². The molecule has 116 valence electrons. The molecule has 2 rings (SSSR count). The first kappa shape index (κ1) is 18.4. The van der Waals surface area contributed by atoms with E-state index < -0.39 is 0 Å². The fraction of sp³-hybridized carbons (Fsp3) is 0.429. The maximum atomic E-state index is 5.83. The van der Waals surface area contributed by atoms with Crippen LogP contribution in [0.5, 0.6) is 0 Å². The summed E-state index contributed by atoms with van der Waals surface area (Å²) in [7, 11) is 0. The molecule has 0 aliphatic carbocycles. The van der Waals surface area contributed by atoms with Gasteiger partial charge in [0.25, 0.3) is 0 Å². The number of halogens is 1. The number of rotatable bonds is 7. The van der Waals surface area contributed by atoms with Crippen LogP contribution < -0.4 is 11.1 Å². The first-order valence-electron chi connectivity index (χ1n) is 6.77. The van der Waals surface area contributed by atoms with E-state index in [1.807, 2.05) is 0 Å². The molecule has 2 aromatic rings. The van der Waals surface area contributed by atoms with Crippen molar-refractivity contribution in [2.24, 2.45) is 10.7 Å². The third-order valence-electron chi connectivity index (χ3n) is 2.81. The van der Waals surface area contributed by atoms with E-state index >= 15 is 0 Å². The molecular weight excluding hydrogens is 415 g/mol. The number of aryl methyl sites for hydroxylation is 1. The number of aliphatic imine (C=N–C) groups is 1. The number of nitrogens with zero attached hydrogens (tertiary/aromatic N) is 2. The summed E-state index contributed by atoms with van der Waals surface area (Å²) >= 11 is 3.48. The highest BCUT2D eigenvalue weighted by Crippen LogP contribution is 2.10. The van der Waals surface area contributed by atoms with Gasteiger partial charge in [0.1, 0.15) is 0 Å². The highest BCUT2D eigenvalue weighted by molar-refractivity contribution is 14.0. The van der Waals surface area contributed by atoms with Crippen LogP contribution in [0.4, 0.5) is 0 Å². The van der Waals surface area contributed by atoms with Gasteiger partial charge in [-0.25, -0.2) is 4.98 Å². The van der Waals surface area contributed by atoms with Gasteiger partial charge in [0.05, 0.1) is 10.7 Å². The molecule has 0 unspecified atom stereocenters. The number of thiophene rings is 1. The highest BCUT2D eigenvalue weighted by Gasteiger charge is 2.00. The van der Waals surface area contributed by atoms with Crippen molar-refractivity contribution in [1.82, 2.24) is 10.3 Å². The Balaban J connectivity index is 0.00000220. The van der Waals surface area contributed by atoms with E-state index in [-0.39, 0.29) is 24.0 Å². The van der Waals surface area contributed by atoms with Crippen molar-refractivity contribution >= 4 is 52.6 Å². The molecule has 21 heavy (non-hydrogen) atoms. The Bertz CT molecular complexity index is 537. The molecule has 0 saturated heterocycles. The lowest BCUT2D eigenvalue weighted by atomic mass is 10.3. The summed E-state index contributed by atoms with van der Waals surface area (Å²) < 4.78 is 0. The summed E-state index contributed by atoms with van der Waals surface area (Å²) in [5.41, 5.74) is 6.96. The second kappa shape index (κ2) is 10.1. The Labute approximate surface area is 150 Å². The first-order chi connectivity index (χ1) is 9.78. The van der Waals surface area contributed by atoms with Gasteiger partial charge in [-0.2, -0.15) is 0 Å². The predicted molar refractivity (Wildman–Crippen MR) is 103 cm³/mol. The summed E-state index contributed by atoms with van der Waals surface area (Å²) in [6.07, 6.45) is 2.84. The third kappa shape index (κ3) is 6.75. The Hall–Kier alpha value is -0.670. The van der Waals surface area contributed by atoms with Gasteiger partial charge >= 0.3 is 0 Å². The van der Waals surface area contributed by atoms with Crippen LogP contribution in [-0.4, -0.2) is 24.0 Å². The number of hydrogen-bond donors (Lipinski definition) is 2. The van der Waals surface area contributed by atoms with E-state index in [1.165, 1.54) is 9.88 Å². The minimum atomic E-state index is 0. The van der Waals surface area contributed by atoms with Crippen LogP contribution in [-0.2, 0) is 19.3 Å². The number of nitrogens with two attached hydrogens (primary N) is 1. The highest BCUT2D eigenvalue weighted by atomic mass is 127. The maximum absolute atomic E-state index is 5.83. The molecule has 0 bridgehead atoms. The first-order valence-corrected chi connectivity index (χ1v) is 8.53. The average molecular weight is 436 g/mol. The Morgan fingerprint density at radius 2 is 2.24 bits per heavy atom. The van der Waals surface area contributed by atoms with Gasteiger partial charge in [-0.05, 0) is 17.9 Å². The SMILES string of the molecule is CCc1nc(CCNC(N)=NCCc2cccs2)cs1.I. The van der Waals surface area contributed by atoms with Crippen LogP contribution in [0.3, 0.4) is 0 Å². The lowest BCUT2D eigenvalue weighted by Crippen LogP contribution is -2.33. The number of aromatic nitrogens is 1. The monoisotopic (exact) mass is 436 g/mol. The molecule has 2 heterocycles. The average Bonchev–Trinajstić information content (AvgIpc) is 3.10. The van der Waals surface area contributed by atoms with E-state index in [1.54, 1.807) is 22.7 Å². The molecule has 0 amide bonds. The van der Waals surface area contributed by atoms with Crippen LogP contribution in [0.2, 0.25) is 0 Å². The molecule has 7 heteroatoms. The van der Waals surface area contributed by atoms with E-state index in [4.69, 9.17) is 5.73 Å². The van der Waals surface area contributed by atoms with Gasteiger partial charge in [-0.1, -0.05) is 13.0 Å². The van der Waals surface area contributed by atoms with Crippen molar-refractivity contribution in [3.63, 3.8) is 0 Å². The Morgan fingerprint density at radius 3 is 2.90 bits per heavy atom. The zero-order valence-corrected chi connectivity index (χ0v) is 16.0. The van der Waals surface area contributed by atoms with Gasteiger partial charge in [-0.15, -0.1) is 46.7 Å². The fourth-order valence-electron chi connectivity index (χ4n) is 1.74. The number of thiazole rings is 1. The van der Waals surface area contributed by atoms with Crippen molar-refractivity contribution in [1.29, 1.82) is 0 Å². The summed E-state index contributed by atoms with van der Waals surface area (Å²) in [6, 6.07) is 4.18. The molecule has 2 aromatic heterocycles. The molecule has 0 aliphatic heterocycles. The quantitative estimate of drug-likeness (QED) is 0.399. The minimum absolute atomic E-state index is 0. The smallest absolute Gasteiger partial charge is 0.188 e. The van der Waals surface area contributed by atoms with Gasteiger partial charge in [-0.3, -0.25) is 4.99 Å². The fourth-order valence-corrected chi connectivity index (χ4v) is 3.22. The molecule has 0 spiro atoms. The lowest BCUT2D eigenvalue weighted by Gasteiger charge is -2.04. The molecule has 0 aromatic carbocycles. The van der Waals surface area contributed by atoms with Crippen molar-refractivity contribution in [3.05, 3.63) is 38.5 Å². The van der Waals surface area contributed by atoms with E-state index in [0.29, 0.717) is 5.96 Å². The topological polar surface area (TPSA) is 63.3 Å². The molecule has 4 nitrogen and oxygen atoms in total. The van der Waals surface area contributed by atoms with Crippen molar-refractivity contribution in [3.8, 4) is 0 Å². The molecule has 3 N–H and O–H groups in total. The minimum Gasteiger partial charge on any atom is -0.370 e. The normalized spacial score (nSPS) is 11.2. The van der Waals surface area contributed by atoms with Crippen LogP contribution in [0, 0.1) is 0 Å². The van der Waals surface area contributed by atoms with Crippen molar-refractivity contribution < 1.29 is 0 Å². The molecule has 0 atom stereocenters. The van der Waals surface area contributed by atoms with Gasteiger partial charge in [0, 0.05) is 36.2 Å². The number of hydrogen-bond acceptors (Lipinski definition) is 4. The molecule has 0 saturated carbocycles. The second-order valence-electron chi connectivity index (χ2n) is 4.36. The third-order valence-corrected chi connectivity index (χ3v) is 4.79. The zero-order valence-electron chi connectivity index (χ0n) is 12.0. The standard InChI is InChI=1S/C14H20N4S2.HI/c1-2-13-18-11(10-20-13)5-7-16-14(15)17-8-6-12-4-3-9-19-12;/h3-4,9-10H,2,5-8H2,1H3,(H3,15,16,17);1H. The largest absolute Gasteiger partial charge is 0.370 e. The molecule has 0 radical (unpaired) electrons. The predicted octanol–water partition coefficient (Wildman–Crippen LogP) is 3.07. The van der Waals surface area contributed by atoms with Gasteiger partial charge < -0.3 is 11.1 Å². The number of nitrogens with one attached hydrogen (secondary N) is 1.